The van der Waals surface area contributed by atoms with Crippen molar-refractivity contribution in [3.63, 3.8) is 0 Å². The zero-order chi connectivity index (χ0) is 27.1. The zero-order valence-electron chi connectivity index (χ0n) is 20.0. The van der Waals surface area contributed by atoms with Crippen LogP contribution in [0.3, 0.4) is 0 Å². The third-order valence-corrected chi connectivity index (χ3v) is 9.99. The molecule has 0 spiro atoms. The summed E-state index contributed by atoms with van der Waals surface area (Å²) >= 11 is 1.29. The number of likely N-dealkylation sites (N-methyl/N-ethyl adjacent to an activating group) is 1. The maximum atomic E-state index is 13.7. The molecule has 0 amide bonds. The molecule has 1 fully saturated rings. The van der Waals surface area contributed by atoms with Crippen LogP contribution in [0.2, 0.25) is 0 Å². The molecule has 0 aliphatic carbocycles. The minimum atomic E-state index is -4.56. The minimum absolute atomic E-state index is 0.104. The maximum Gasteiger partial charge on any atom is 0.244 e. The van der Waals surface area contributed by atoms with E-state index in [1.807, 2.05) is 6.07 Å². The van der Waals surface area contributed by atoms with Crippen LogP contribution < -0.4 is 32.8 Å². The number of hydrazine groups is 3. The number of fused-ring (bicyclic) bond motifs is 1. The predicted molar refractivity (Wildman–Crippen MR) is 144 cm³/mol. The molecule has 16 heteroatoms. The Labute approximate surface area is 223 Å². The summed E-state index contributed by atoms with van der Waals surface area (Å²) in [6.45, 7) is 0.105. The molecular weight excluding hydrogens is 551 g/mol. The molecule has 1 aliphatic rings. The topological polar surface area (TPSA) is 197 Å². The van der Waals surface area contributed by atoms with E-state index in [9.17, 15) is 16.8 Å². The average Bonchev–Trinajstić information content (AvgIpc) is 3.55. The van der Waals surface area contributed by atoms with Crippen LogP contribution in [0.5, 0.6) is 0 Å². The number of thiazole rings is 1. The summed E-state index contributed by atoms with van der Waals surface area (Å²) in [6.07, 6.45) is 2.77. The lowest BCUT2D eigenvalue weighted by Crippen LogP contribution is -2.33. The van der Waals surface area contributed by atoms with Gasteiger partial charge in [-0.1, -0.05) is 29.5 Å². The molecule has 3 heterocycles. The second kappa shape index (κ2) is 10.3. The summed E-state index contributed by atoms with van der Waals surface area (Å²) in [5.41, 5.74) is 19.5. The smallest absolute Gasteiger partial charge is 0.244 e. The summed E-state index contributed by atoms with van der Waals surface area (Å²) < 4.78 is 55.6. The van der Waals surface area contributed by atoms with Gasteiger partial charge in [0.05, 0.1) is 10.2 Å². The van der Waals surface area contributed by atoms with Crippen molar-refractivity contribution in [2.24, 2.45) is 5.14 Å². The number of hydrogen-bond acceptors (Lipinski definition) is 12. The highest BCUT2D eigenvalue weighted by atomic mass is 32.2. The molecule has 1 aliphatic heterocycles. The molecule has 200 valence electrons. The van der Waals surface area contributed by atoms with Crippen LogP contribution in [0.25, 0.3) is 21.3 Å². The highest BCUT2D eigenvalue weighted by Gasteiger charge is 2.36. The summed E-state index contributed by atoms with van der Waals surface area (Å²) in [5.74, 6) is 0. The Kier molecular flexibility index (Phi) is 7.16. The summed E-state index contributed by atoms with van der Waals surface area (Å²) in [7, 11) is -7.45. The quantitative estimate of drug-likeness (QED) is 0.172. The number of sulfonamides is 2. The fraction of sp³-hybridized carbons (Fsp3) is 0.182. The van der Waals surface area contributed by atoms with E-state index in [2.05, 4.69) is 31.9 Å². The van der Waals surface area contributed by atoms with Gasteiger partial charge in [0.25, 0.3) is 0 Å². The molecule has 0 saturated carbocycles. The maximum absolute atomic E-state index is 13.7. The fourth-order valence-electron chi connectivity index (χ4n) is 4.30. The van der Waals surface area contributed by atoms with Crippen molar-refractivity contribution in [3.8, 4) is 11.1 Å². The van der Waals surface area contributed by atoms with Gasteiger partial charge in [0.1, 0.15) is 16.0 Å². The number of hydrogen-bond donors (Lipinski definition) is 6. The molecular formula is C22H25N9O4S3. The monoisotopic (exact) mass is 575 g/mol. The van der Waals surface area contributed by atoms with E-state index < -0.39 is 36.0 Å². The Morgan fingerprint density at radius 1 is 1.00 bits per heavy atom. The number of rotatable bonds is 8. The Balaban J connectivity index is 1.69. The molecule has 0 bridgehead atoms. The molecule has 4 aromatic rings. The van der Waals surface area contributed by atoms with Gasteiger partial charge in [-0.3, -0.25) is 4.98 Å². The third kappa shape index (κ3) is 5.00. The van der Waals surface area contributed by atoms with Crippen molar-refractivity contribution >= 4 is 46.7 Å². The number of aromatic nitrogens is 2. The third-order valence-electron chi connectivity index (χ3n) is 6.11. The van der Waals surface area contributed by atoms with E-state index in [-0.39, 0.29) is 12.1 Å². The van der Waals surface area contributed by atoms with Crippen molar-refractivity contribution in [2.45, 2.75) is 22.4 Å². The lowest BCUT2D eigenvalue weighted by molar-refractivity contribution is 0.468. The number of anilines is 1. The van der Waals surface area contributed by atoms with E-state index in [1.165, 1.54) is 24.5 Å². The Morgan fingerprint density at radius 2 is 1.71 bits per heavy atom. The molecule has 0 atom stereocenters. The van der Waals surface area contributed by atoms with Crippen LogP contribution in [0.15, 0.2) is 64.6 Å². The highest BCUT2D eigenvalue weighted by molar-refractivity contribution is 7.92. The number of nitrogens with two attached hydrogens (primary N) is 2. The van der Waals surface area contributed by atoms with Gasteiger partial charge < -0.3 is 5.73 Å². The van der Waals surface area contributed by atoms with Gasteiger partial charge in [0, 0.05) is 37.1 Å². The molecule has 0 unspecified atom stereocenters. The Bertz CT molecular complexity index is 1700. The van der Waals surface area contributed by atoms with E-state index in [0.29, 0.717) is 28.2 Å². The lowest BCUT2D eigenvalue weighted by atomic mass is 9.97. The van der Waals surface area contributed by atoms with Gasteiger partial charge >= 0.3 is 0 Å². The number of primary sulfonamides is 1. The van der Waals surface area contributed by atoms with Crippen LogP contribution in [-0.2, 0) is 26.5 Å². The van der Waals surface area contributed by atoms with Gasteiger partial charge in [-0.2, -0.15) is 11.1 Å². The van der Waals surface area contributed by atoms with Crippen LogP contribution >= 0.6 is 11.3 Å². The van der Waals surface area contributed by atoms with Gasteiger partial charge in [-0.15, -0.1) is 0 Å². The van der Waals surface area contributed by atoms with Crippen molar-refractivity contribution in [3.05, 3.63) is 66.0 Å². The van der Waals surface area contributed by atoms with Crippen LogP contribution in [0, 0.1) is 0 Å². The molecule has 38 heavy (non-hydrogen) atoms. The number of benzene rings is 2. The van der Waals surface area contributed by atoms with Gasteiger partial charge in [-0.25, -0.2) is 42.1 Å². The Morgan fingerprint density at radius 3 is 2.39 bits per heavy atom. The summed E-state index contributed by atoms with van der Waals surface area (Å²) in [5, 5.41) is 6.05. The number of para-hydroxylation sites is 1. The number of nitrogens with zero attached hydrogens (tertiary/aromatic N) is 3. The van der Waals surface area contributed by atoms with Crippen molar-refractivity contribution < 1.29 is 16.8 Å². The molecule has 2 aromatic heterocycles. The average molecular weight is 576 g/mol. The minimum Gasteiger partial charge on any atom is -0.375 e. The first-order valence-corrected chi connectivity index (χ1v) is 15.1. The standard InChI is InChI=1S/C22H25N9O4S3/c1-31(12-9-13-7-10-25-11-8-13)38(34,35)17-6-5-14(15-3-2-4-16-19(15)26-22(23)36-16)18(20(17)37(24,32)33)21-27-29-30-28-21/h2-8,10-11,21,27-30H,9,12H2,1H3,(H2,23,26)(H2,24,32,33). The molecule has 13 nitrogen and oxygen atoms in total. The molecule has 0 radical (unpaired) electrons. The Hall–Kier alpha value is -3.06. The van der Waals surface area contributed by atoms with Crippen LogP contribution in [0.4, 0.5) is 5.13 Å². The second-order valence-electron chi connectivity index (χ2n) is 8.51. The van der Waals surface area contributed by atoms with Crippen molar-refractivity contribution in [1.82, 2.24) is 36.2 Å². The SMILES string of the molecule is CN(CCc1ccncc1)S(=O)(=O)c1ccc(-c2cccc3sc(N)nc23)c(C2NNNN2)c1S(N)(=O)=O. The largest absolute Gasteiger partial charge is 0.375 e. The first kappa shape index (κ1) is 26.5. The van der Waals surface area contributed by atoms with Gasteiger partial charge in [0.15, 0.2) is 5.13 Å². The molecule has 8 N–H and O–H groups in total. The van der Waals surface area contributed by atoms with E-state index in [0.717, 1.165) is 14.6 Å². The lowest BCUT2D eigenvalue weighted by Gasteiger charge is -2.24. The van der Waals surface area contributed by atoms with Crippen molar-refractivity contribution in [1.29, 1.82) is 0 Å². The van der Waals surface area contributed by atoms with Gasteiger partial charge in [-0.05, 0) is 41.8 Å². The number of pyridine rings is 1. The van der Waals surface area contributed by atoms with Crippen LogP contribution in [-0.4, -0.2) is 44.7 Å². The first-order chi connectivity index (χ1) is 18.1. The number of nitrogen functional groups attached to an aromatic ring is 1. The zero-order valence-corrected chi connectivity index (χ0v) is 22.5. The fourth-order valence-corrected chi connectivity index (χ4v) is 7.86. The normalized spacial score (nSPS) is 15.0. The molecule has 5 rings (SSSR count). The van der Waals surface area contributed by atoms with Crippen molar-refractivity contribution in [2.75, 3.05) is 19.3 Å². The summed E-state index contributed by atoms with van der Waals surface area (Å²) in [4.78, 5) is 7.42. The van der Waals surface area contributed by atoms with E-state index in [1.54, 1.807) is 42.7 Å². The second-order valence-corrected chi connectivity index (χ2v) is 13.1. The highest BCUT2D eigenvalue weighted by Crippen LogP contribution is 2.40. The summed E-state index contributed by atoms with van der Waals surface area (Å²) in [6, 6.07) is 11.8. The number of nitrogens with one attached hydrogen (secondary N) is 4. The van der Waals surface area contributed by atoms with E-state index in [4.69, 9.17) is 10.9 Å². The first-order valence-electron chi connectivity index (χ1n) is 11.3. The van der Waals surface area contributed by atoms with E-state index >= 15 is 0 Å². The predicted octanol–water partition coefficient (Wildman–Crippen LogP) is 0.567. The van der Waals surface area contributed by atoms with Crippen LogP contribution in [0.1, 0.15) is 17.3 Å². The molecule has 1 saturated heterocycles. The van der Waals surface area contributed by atoms with Gasteiger partial charge in [0.2, 0.25) is 20.0 Å². The molecule has 2 aromatic carbocycles.